The van der Waals surface area contributed by atoms with E-state index >= 15 is 0 Å². The van der Waals surface area contributed by atoms with Gasteiger partial charge in [0.15, 0.2) is 0 Å². The van der Waals surface area contributed by atoms with E-state index in [4.69, 9.17) is 28.9 Å². The lowest BCUT2D eigenvalue weighted by atomic mass is 9.85. The highest BCUT2D eigenvalue weighted by Crippen LogP contribution is 2.27. The van der Waals surface area contributed by atoms with E-state index in [9.17, 15) is 0 Å². The van der Waals surface area contributed by atoms with Crippen molar-refractivity contribution in [3.63, 3.8) is 0 Å². The van der Waals surface area contributed by atoms with Crippen LogP contribution in [0.3, 0.4) is 0 Å². The lowest BCUT2D eigenvalue weighted by Gasteiger charge is -2.28. The summed E-state index contributed by atoms with van der Waals surface area (Å²) in [6, 6.07) is 5.65. The van der Waals surface area contributed by atoms with Gasteiger partial charge in [0.2, 0.25) is 0 Å². The molecule has 1 unspecified atom stereocenters. The summed E-state index contributed by atoms with van der Waals surface area (Å²) in [6.45, 7) is 10.5. The van der Waals surface area contributed by atoms with E-state index in [1.165, 1.54) is 0 Å². The zero-order valence-corrected chi connectivity index (χ0v) is 14.3. The standard InChI is InChI=1S/C16H26Cl2N2/c1-10(2)14(11(3)4)9-20-16(8-19)13-6-5-12(17)7-15(13)18/h5-7,10-11,14,16,20H,8-9,19H2,1-4H3. The fourth-order valence-corrected chi connectivity index (χ4v) is 3.16. The molecule has 114 valence electrons. The first-order valence-electron chi connectivity index (χ1n) is 7.25. The zero-order valence-electron chi connectivity index (χ0n) is 12.8. The molecule has 0 amide bonds. The Morgan fingerprint density at radius 3 is 2.15 bits per heavy atom. The highest BCUT2D eigenvalue weighted by atomic mass is 35.5. The molecule has 0 aliphatic carbocycles. The maximum absolute atomic E-state index is 6.26. The monoisotopic (exact) mass is 316 g/mol. The molecule has 0 heterocycles. The summed E-state index contributed by atoms with van der Waals surface area (Å²) in [5.74, 6) is 1.90. The van der Waals surface area contributed by atoms with Gasteiger partial charge < -0.3 is 11.1 Å². The summed E-state index contributed by atoms with van der Waals surface area (Å²) < 4.78 is 0. The van der Waals surface area contributed by atoms with Crippen molar-refractivity contribution in [2.45, 2.75) is 33.7 Å². The third-order valence-corrected chi connectivity index (χ3v) is 4.45. The van der Waals surface area contributed by atoms with E-state index < -0.39 is 0 Å². The molecule has 1 aromatic carbocycles. The first-order chi connectivity index (χ1) is 9.36. The molecule has 0 aliphatic heterocycles. The molecular weight excluding hydrogens is 291 g/mol. The lowest BCUT2D eigenvalue weighted by Crippen LogP contribution is -2.35. The Morgan fingerprint density at radius 2 is 1.70 bits per heavy atom. The zero-order chi connectivity index (χ0) is 15.3. The van der Waals surface area contributed by atoms with Crippen LogP contribution in [0.15, 0.2) is 18.2 Å². The van der Waals surface area contributed by atoms with Gasteiger partial charge in [0.05, 0.1) is 0 Å². The predicted octanol–water partition coefficient (Wildman–Crippen LogP) is 4.51. The molecule has 0 bridgehead atoms. The minimum atomic E-state index is 0.0692. The highest BCUT2D eigenvalue weighted by molar-refractivity contribution is 6.35. The first kappa shape index (κ1) is 17.8. The molecule has 0 aliphatic rings. The number of nitrogens with one attached hydrogen (secondary N) is 1. The van der Waals surface area contributed by atoms with Gasteiger partial charge in [0.25, 0.3) is 0 Å². The largest absolute Gasteiger partial charge is 0.329 e. The number of benzene rings is 1. The fraction of sp³-hybridized carbons (Fsp3) is 0.625. The Bertz CT molecular complexity index is 411. The molecule has 0 saturated heterocycles. The average Bonchev–Trinajstić information content (AvgIpc) is 2.34. The summed E-state index contributed by atoms with van der Waals surface area (Å²) in [4.78, 5) is 0. The van der Waals surface area contributed by atoms with E-state index in [0.717, 1.165) is 12.1 Å². The van der Waals surface area contributed by atoms with Crippen LogP contribution in [0, 0.1) is 17.8 Å². The predicted molar refractivity (Wildman–Crippen MR) is 89.4 cm³/mol. The normalized spacial score (nSPS) is 13.5. The third-order valence-electron chi connectivity index (χ3n) is 3.89. The van der Waals surface area contributed by atoms with Crippen molar-refractivity contribution in [1.82, 2.24) is 5.32 Å². The minimum Gasteiger partial charge on any atom is -0.329 e. The van der Waals surface area contributed by atoms with Crippen LogP contribution in [0.5, 0.6) is 0 Å². The second-order valence-corrected chi connectivity index (χ2v) is 6.86. The topological polar surface area (TPSA) is 38.0 Å². The Morgan fingerprint density at radius 1 is 1.10 bits per heavy atom. The van der Waals surface area contributed by atoms with E-state index in [2.05, 4.69) is 33.0 Å². The van der Waals surface area contributed by atoms with E-state index in [1.807, 2.05) is 12.1 Å². The maximum atomic E-state index is 6.26. The number of halogens is 2. The second-order valence-electron chi connectivity index (χ2n) is 6.01. The van der Waals surface area contributed by atoms with Gasteiger partial charge in [-0.25, -0.2) is 0 Å². The number of hydrogen-bond donors (Lipinski definition) is 2. The van der Waals surface area contributed by atoms with Crippen LogP contribution >= 0.6 is 23.2 Å². The van der Waals surface area contributed by atoms with Gasteiger partial charge in [0.1, 0.15) is 0 Å². The number of hydrogen-bond acceptors (Lipinski definition) is 2. The van der Waals surface area contributed by atoms with E-state index in [1.54, 1.807) is 6.07 Å². The van der Waals surface area contributed by atoms with Gasteiger partial charge in [-0.1, -0.05) is 57.0 Å². The molecule has 1 rings (SSSR count). The van der Waals surface area contributed by atoms with Crippen LogP contribution in [-0.4, -0.2) is 13.1 Å². The molecular formula is C16H26Cl2N2. The summed E-state index contributed by atoms with van der Waals surface area (Å²) >= 11 is 12.2. The molecule has 1 aromatic rings. The van der Waals surface area contributed by atoms with Crippen molar-refractivity contribution in [2.24, 2.45) is 23.5 Å². The second kappa shape index (κ2) is 8.23. The van der Waals surface area contributed by atoms with Gasteiger partial charge in [-0.2, -0.15) is 0 Å². The molecule has 20 heavy (non-hydrogen) atoms. The van der Waals surface area contributed by atoms with E-state index in [0.29, 0.717) is 34.3 Å². The first-order valence-corrected chi connectivity index (χ1v) is 8.00. The molecule has 2 nitrogen and oxygen atoms in total. The lowest BCUT2D eigenvalue weighted by molar-refractivity contribution is 0.266. The van der Waals surface area contributed by atoms with Gasteiger partial charge in [-0.05, 0) is 42.0 Å². The summed E-state index contributed by atoms with van der Waals surface area (Å²) in [7, 11) is 0. The van der Waals surface area contributed by atoms with Crippen LogP contribution in [0.25, 0.3) is 0 Å². The summed E-state index contributed by atoms with van der Waals surface area (Å²) in [6.07, 6.45) is 0. The van der Waals surface area contributed by atoms with Crippen LogP contribution in [-0.2, 0) is 0 Å². The van der Waals surface area contributed by atoms with Crippen LogP contribution in [0.1, 0.15) is 39.3 Å². The van der Waals surface area contributed by atoms with Crippen molar-refractivity contribution < 1.29 is 0 Å². The minimum absolute atomic E-state index is 0.0692. The molecule has 1 atom stereocenters. The van der Waals surface area contributed by atoms with Crippen LogP contribution in [0.4, 0.5) is 0 Å². The van der Waals surface area contributed by atoms with Crippen molar-refractivity contribution >= 4 is 23.2 Å². The molecule has 0 spiro atoms. The highest BCUT2D eigenvalue weighted by Gasteiger charge is 2.20. The van der Waals surface area contributed by atoms with Gasteiger partial charge >= 0.3 is 0 Å². The van der Waals surface area contributed by atoms with Crippen LogP contribution < -0.4 is 11.1 Å². The van der Waals surface area contributed by atoms with E-state index in [-0.39, 0.29) is 6.04 Å². The molecule has 4 heteroatoms. The quantitative estimate of drug-likeness (QED) is 0.776. The Labute approximate surface area is 133 Å². The van der Waals surface area contributed by atoms with Crippen molar-refractivity contribution in [1.29, 1.82) is 0 Å². The molecule has 0 fully saturated rings. The molecule has 0 aromatic heterocycles. The number of nitrogens with two attached hydrogens (primary N) is 1. The Balaban J connectivity index is 2.76. The SMILES string of the molecule is CC(C)C(CNC(CN)c1ccc(Cl)cc1Cl)C(C)C. The Kier molecular flexibility index (Phi) is 7.32. The number of rotatable bonds is 7. The van der Waals surface area contributed by atoms with Gasteiger partial charge in [-0.15, -0.1) is 0 Å². The van der Waals surface area contributed by atoms with Crippen molar-refractivity contribution in [3.05, 3.63) is 33.8 Å². The van der Waals surface area contributed by atoms with Gasteiger partial charge in [0, 0.05) is 22.6 Å². The van der Waals surface area contributed by atoms with Gasteiger partial charge in [-0.3, -0.25) is 0 Å². The maximum Gasteiger partial charge on any atom is 0.0469 e. The smallest absolute Gasteiger partial charge is 0.0469 e. The molecule has 0 radical (unpaired) electrons. The van der Waals surface area contributed by atoms with Crippen molar-refractivity contribution in [3.8, 4) is 0 Å². The third kappa shape index (κ3) is 4.92. The Hall–Kier alpha value is -0.280. The molecule has 0 saturated carbocycles. The summed E-state index contributed by atoms with van der Waals surface area (Å²) in [5.41, 5.74) is 6.91. The molecule has 3 N–H and O–H groups in total. The summed E-state index contributed by atoms with van der Waals surface area (Å²) in [5, 5.41) is 4.88. The van der Waals surface area contributed by atoms with Crippen molar-refractivity contribution in [2.75, 3.05) is 13.1 Å². The fourth-order valence-electron chi connectivity index (χ4n) is 2.62. The van der Waals surface area contributed by atoms with Crippen LogP contribution in [0.2, 0.25) is 10.0 Å². The average molecular weight is 317 g/mol.